The molecule has 1 unspecified atom stereocenters. The van der Waals surface area contributed by atoms with Crippen LogP contribution in [-0.2, 0) is 9.53 Å². The summed E-state index contributed by atoms with van der Waals surface area (Å²) in [6.45, 7) is 8.04. The van der Waals surface area contributed by atoms with Gasteiger partial charge in [0.05, 0.1) is 25.7 Å². The quantitative estimate of drug-likeness (QED) is 0.747. The molecule has 0 spiro atoms. The number of aliphatic hydroxyl groups excluding tert-OH is 1. The second-order valence-corrected chi connectivity index (χ2v) is 5.60. The molecule has 128 valence electrons. The second-order valence-electron chi connectivity index (χ2n) is 5.60. The third-order valence-corrected chi connectivity index (χ3v) is 4.00. The highest BCUT2D eigenvalue weighted by Crippen LogP contribution is 2.15. The molecule has 0 saturated carbocycles. The first-order chi connectivity index (χ1) is 10.9. The zero-order chi connectivity index (χ0) is 17.4. The molecule has 0 radical (unpaired) electrons. The van der Waals surface area contributed by atoms with Crippen LogP contribution < -0.4 is 0 Å². The SMILES string of the molecule is CCOC(=O)CCN(C(=O)c1ccc(C)c(C)c1)C(CC)CO. The number of nitrogens with zero attached hydrogens (tertiary/aromatic N) is 1. The van der Waals surface area contributed by atoms with Gasteiger partial charge in [0.15, 0.2) is 0 Å². The smallest absolute Gasteiger partial charge is 0.307 e. The van der Waals surface area contributed by atoms with Crippen LogP contribution in [0.25, 0.3) is 0 Å². The summed E-state index contributed by atoms with van der Waals surface area (Å²) < 4.78 is 4.92. The van der Waals surface area contributed by atoms with Crippen molar-refractivity contribution < 1.29 is 19.4 Å². The highest BCUT2D eigenvalue weighted by atomic mass is 16.5. The van der Waals surface area contributed by atoms with Gasteiger partial charge >= 0.3 is 5.97 Å². The number of aryl methyl sites for hydroxylation is 2. The largest absolute Gasteiger partial charge is 0.466 e. The van der Waals surface area contributed by atoms with Crippen LogP contribution in [0.15, 0.2) is 18.2 Å². The normalized spacial score (nSPS) is 11.9. The molecule has 1 atom stereocenters. The summed E-state index contributed by atoms with van der Waals surface area (Å²) in [5.41, 5.74) is 2.73. The summed E-state index contributed by atoms with van der Waals surface area (Å²) in [6.07, 6.45) is 0.747. The number of carbonyl (C=O) groups excluding carboxylic acids is 2. The van der Waals surface area contributed by atoms with Gasteiger partial charge in [0, 0.05) is 12.1 Å². The number of carbonyl (C=O) groups is 2. The van der Waals surface area contributed by atoms with Crippen molar-refractivity contribution in [3.8, 4) is 0 Å². The molecule has 0 fully saturated rings. The third kappa shape index (κ3) is 5.36. The molecule has 23 heavy (non-hydrogen) atoms. The molecule has 0 saturated heterocycles. The van der Waals surface area contributed by atoms with Gasteiger partial charge in [-0.2, -0.15) is 0 Å². The summed E-state index contributed by atoms with van der Waals surface area (Å²) in [6, 6.07) is 5.23. The van der Waals surface area contributed by atoms with Crippen LogP contribution >= 0.6 is 0 Å². The predicted octanol–water partition coefficient (Wildman–Crippen LogP) is 2.47. The van der Waals surface area contributed by atoms with Gasteiger partial charge in [0.25, 0.3) is 5.91 Å². The van der Waals surface area contributed by atoms with Crippen LogP contribution in [0.4, 0.5) is 0 Å². The summed E-state index contributed by atoms with van der Waals surface area (Å²) in [7, 11) is 0. The van der Waals surface area contributed by atoms with Gasteiger partial charge in [-0.05, 0) is 50.5 Å². The fraction of sp³-hybridized carbons (Fsp3) is 0.556. The van der Waals surface area contributed by atoms with Crippen molar-refractivity contribution in [2.24, 2.45) is 0 Å². The molecule has 5 heteroatoms. The lowest BCUT2D eigenvalue weighted by atomic mass is 10.0. The van der Waals surface area contributed by atoms with E-state index in [0.29, 0.717) is 18.6 Å². The van der Waals surface area contributed by atoms with Gasteiger partial charge < -0.3 is 14.7 Å². The first-order valence-corrected chi connectivity index (χ1v) is 8.09. The molecular formula is C18H27NO4. The Morgan fingerprint density at radius 1 is 1.22 bits per heavy atom. The highest BCUT2D eigenvalue weighted by molar-refractivity contribution is 5.95. The van der Waals surface area contributed by atoms with E-state index >= 15 is 0 Å². The van der Waals surface area contributed by atoms with E-state index in [9.17, 15) is 14.7 Å². The Kier molecular flexibility index (Phi) is 7.75. The number of esters is 1. The molecule has 1 aromatic carbocycles. The molecule has 1 rings (SSSR count). The van der Waals surface area contributed by atoms with Crippen molar-refractivity contribution >= 4 is 11.9 Å². The van der Waals surface area contributed by atoms with Gasteiger partial charge in [-0.1, -0.05) is 13.0 Å². The Bertz CT molecular complexity index is 538. The molecular weight excluding hydrogens is 294 g/mol. The number of amides is 1. The topological polar surface area (TPSA) is 66.8 Å². The standard InChI is InChI=1S/C18H27NO4/c1-5-16(12-20)19(10-9-17(21)23-6-2)18(22)15-8-7-13(3)14(4)11-15/h7-8,11,16,20H,5-6,9-10,12H2,1-4H3. The van der Waals surface area contributed by atoms with Crippen LogP contribution in [-0.4, -0.2) is 47.7 Å². The van der Waals surface area contributed by atoms with Gasteiger partial charge in [0.2, 0.25) is 0 Å². The molecule has 1 N–H and O–H groups in total. The van der Waals surface area contributed by atoms with E-state index in [-0.39, 0.29) is 37.5 Å². The van der Waals surface area contributed by atoms with Crippen LogP contribution in [0.5, 0.6) is 0 Å². The number of ether oxygens (including phenoxy) is 1. The molecule has 0 bridgehead atoms. The zero-order valence-corrected chi connectivity index (χ0v) is 14.5. The van der Waals surface area contributed by atoms with E-state index in [0.717, 1.165) is 11.1 Å². The van der Waals surface area contributed by atoms with E-state index in [4.69, 9.17) is 4.74 Å². The lowest BCUT2D eigenvalue weighted by Crippen LogP contribution is -2.43. The fourth-order valence-electron chi connectivity index (χ4n) is 2.38. The van der Waals surface area contributed by atoms with E-state index in [2.05, 4.69) is 0 Å². The first kappa shape index (κ1) is 19.2. The Morgan fingerprint density at radius 2 is 1.91 bits per heavy atom. The average Bonchev–Trinajstić information content (AvgIpc) is 2.53. The number of rotatable bonds is 8. The van der Waals surface area contributed by atoms with E-state index < -0.39 is 0 Å². The van der Waals surface area contributed by atoms with Crippen molar-refractivity contribution in [1.82, 2.24) is 4.90 Å². The van der Waals surface area contributed by atoms with E-state index in [1.165, 1.54) is 0 Å². The van der Waals surface area contributed by atoms with Gasteiger partial charge in [0.1, 0.15) is 0 Å². The summed E-state index contributed by atoms with van der Waals surface area (Å²) >= 11 is 0. The summed E-state index contributed by atoms with van der Waals surface area (Å²) in [5.74, 6) is -0.503. The molecule has 0 heterocycles. The third-order valence-electron chi connectivity index (χ3n) is 4.00. The first-order valence-electron chi connectivity index (χ1n) is 8.09. The Labute approximate surface area is 138 Å². The Balaban J connectivity index is 2.95. The average molecular weight is 321 g/mol. The van der Waals surface area contributed by atoms with Crippen molar-refractivity contribution in [2.75, 3.05) is 19.8 Å². The van der Waals surface area contributed by atoms with Crippen LogP contribution in [0.1, 0.15) is 48.2 Å². The van der Waals surface area contributed by atoms with Crippen LogP contribution in [0, 0.1) is 13.8 Å². The predicted molar refractivity (Wildman–Crippen MR) is 89.4 cm³/mol. The summed E-state index contributed by atoms with van der Waals surface area (Å²) in [5, 5.41) is 9.55. The molecule has 0 aromatic heterocycles. The zero-order valence-electron chi connectivity index (χ0n) is 14.5. The minimum atomic E-state index is -0.335. The minimum absolute atomic E-state index is 0.126. The van der Waals surface area contributed by atoms with E-state index in [1.807, 2.05) is 32.9 Å². The maximum atomic E-state index is 12.8. The molecule has 5 nitrogen and oxygen atoms in total. The Hall–Kier alpha value is -1.88. The number of hydrogen-bond donors (Lipinski definition) is 1. The second kappa shape index (κ2) is 9.30. The number of hydrogen-bond acceptors (Lipinski definition) is 4. The lowest BCUT2D eigenvalue weighted by molar-refractivity contribution is -0.143. The molecule has 0 aliphatic heterocycles. The number of benzene rings is 1. The summed E-state index contributed by atoms with van der Waals surface area (Å²) in [4.78, 5) is 26.0. The Morgan fingerprint density at radius 3 is 2.43 bits per heavy atom. The van der Waals surface area contributed by atoms with Crippen molar-refractivity contribution in [3.05, 3.63) is 34.9 Å². The van der Waals surface area contributed by atoms with Crippen molar-refractivity contribution in [1.29, 1.82) is 0 Å². The fourth-order valence-corrected chi connectivity index (χ4v) is 2.38. The van der Waals surface area contributed by atoms with Crippen molar-refractivity contribution in [3.63, 3.8) is 0 Å². The van der Waals surface area contributed by atoms with Crippen LogP contribution in [0.2, 0.25) is 0 Å². The van der Waals surface area contributed by atoms with Gasteiger partial charge in [-0.25, -0.2) is 0 Å². The molecule has 0 aliphatic carbocycles. The van der Waals surface area contributed by atoms with Gasteiger partial charge in [-0.3, -0.25) is 9.59 Å². The maximum absolute atomic E-state index is 12.8. The highest BCUT2D eigenvalue weighted by Gasteiger charge is 2.24. The van der Waals surface area contributed by atoms with E-state index in [1.54, 1.807) is 17.9 Å². The van der Waals surface area contributed by atoms with Gasteiger partial charge in [-0.15, -0.1) is 0 Å². The lowest BCUT2D eigenvalue weighted by Gasteiger charge is -2.30. The monoisotopic (exact) mass is 321 g/mol. The van der Waals surface area contributed by atoms with Crippen LogP contribution in [0.3, 0.4) is 0 Å². The molecule has 1 aromatic rings. The molecule has 0 aliphatic rings. The number of aliphatic hydroxyl groups is 1. The maximum Gasteiger partial charge on any atom is 0.307 e. The van der Waals surface area contributed by atoms with Crippen molar-refractivity contribution in [2.45, 2.75) is 46.6 Å². The minimum Gasteiger partial charge on any atom is -0.466 e. The molecule has 1 amide bonds.